The van der Waals surface area contributed by atoms with Gasteiger partial charge in [-0.2, -0.15) is 0 Å². The number of hydrogen-bond acceptors (Lipinski definition) is 3. The number of carbonyl (C=O) groups is 1. The largest absolute Gasteiger partial charge is 0.481 e. The second-order valence-electron chi connectivity index (χ2n) is 4.27. The van der Waals surface area contributed by atoms with Crippen molar-refractivity contribution < 1.29 is 15.0 Å². The van der Waals surface area contributed by atoms with E-state index < -0.39 is 11.9 Å². The van der Waals surface area contributed by atoms with Gasteiger partial charge in [0, 0.05) is 13.1 Å². The van der Waals surface area contributed by atoms with Gasteiger partial charge < -0.3 is 10.2 Å². The van der Waals surface area contributed by atoms with Crippen LogP contribution < -0.4 is 0 Å². The molecule has 0 aliphatic heterocycles. The van der Waals surface area contributed by atoms with Crippen molar-refractivity contribution in [1.29, 1.82) is 0 Å². The molecule has 1 unspecified atom stereocenters. The van der Waals surface area contributed by atoms with Crippen LogP contribution in [0.5, 0.6) is 0 Å². The lowest BCUT2D eigenvalue weighted by Crippen LogP contribution is -2.21. The number of aliphatic hydroxyl groups excluding tert-OH is 1. The number of carboxylic acids is 1. The highest BCUT2D eigenvalue weighted by Crippen LogP contribution is 2.17. The molecule has 1 atom stereocenters. The number of rotatable bonds is 6. The SMILES string of the molecule is CC(C(=O)O)c1cccc(CN(C)CCO)c1. The molecule has 0 aromatic heterocycles. The lowest BCUT2D eigenvalue weighted by molar-refractivity contribution is -0.138. The van der Waals surface area contributed by atoms with Gasteiger partial charge in [-0.25, -0.2) is 0 Å². The molecule has 0 heterocycles. The van der Waals surface area contributed by atoms with Gasteiger partial charge in [-0.05, 0) is 25.1 Å². The summed E-state index contributed by atoms with van der Waals surface area (Å²) in [7, 11) is 1.92. The molecule has 1 rings (SSSR count). The van der Waals surface area contributed by atoms with Gasteiger partial charge in [0.1, 0.15) is 0 Å². The molecule has 0 spiro atoms. The summed E-state index contributed by atoms with van der Waals surface area (Å²) in [5, 5.41) is 17.8. The van der Waals surface area contributed by atoms with Crippen LogP contribution in [0.4, 0.5) is 0 Å². The molecule has 0 saturated carbocycles. The first-order valence-electron chi connectivity index (χ1n) is 5.65. The van der Waals surface area contributed by atoms with Gasteiger partial charge in [-0.15, -0.1) is 0 Å². The second-order valence-corrected chi connectivity index (χ2v) is 4.27. The fourth-order valence-electron chi connectivity index (χ4n) is 1.66. The average Bonchev–Trinajstić information content (AvgIpc) is 2.28. The molecule has 1 aromatic rings. The van der Waals surface area contributed by atoms with E-state index in [0.29, 0.717) is 13.1 Å². The Hall–Kier alpha value is -1.39. The summed E-state index contributed by atoms with van der Waals surface area (Å²) in [4.78, 5) is 12.9. The molecule has 0 radical (unpaired) electrons. The van der Waals surface area contributed by atoms with Crippen molar-refractivity contribution in [2.24, 2.45) is 0 Å². The quantitative estimate of drug-likeness (QED) is 0.783. The van der Waals surface area contributed by atoms with Gasteiger partial charge in [-0.3, -0.25) is 9.69 Å². The maximum Gasteiger partial charge on any atom is 0.310 e. The number of benzene rings is 1. The van der Waals surface area contributed by atoms with Crippen molar-refractivity contribution in [3.05, 3.63) is 35.4 Å². The van der Waals surface area contributed by atoms with Crippen LogP contribution in [0.3, 0.4) is 0 Å². The van der Waals surface area contributed by atoms with Crippen molar-refractivity contribution in [2.45, 2.75) is 19.4 Å². The van der Waals surface area contributed by atoms with Gasteiger partial charge >= 0.3 is 5.97 Å². The normalized spacial score (nSPS) is 12.7. The van der Waals surface area contributed by atoms with Crippen molar-refractivity contribution in [3.8, 4) is 0 Å². The fraction of sp³-hybridized carbons (Fsp3) is 0.462. The molecule has 94 valence electrons. The Bertz CT molecular complexity index is 379. The fourth-order valence-corrected chi connectivity index (χ4v) is 1.66. The summed E-state index contributed by atoms with van der Waals surface area (Å²) in [6.45, 7) is 3.13. The lowest BCUT2D eigenvalue weighted by Gasteiger charge is -2.16. The van der Waals surface area contributed by atoms with Crippen LogP contribution in [0.1, 0.15) is 24.0 Å². The average molecular weight is 237 g/mol. The van der Waals surface area contributed by atoms with E-state index in [1.165, 1.54) is 0 Å². The van der Waals surface area contributed by atoms with Gasteiger partial charge in [-0.1, -0.05) is 24.3 Å². The van der Waals surface area contributed by atoms with E-state index in [2.05, 4.69) is 0 Å². The zero-order valence-electron chi connectivity index (χ0n) is 10.3. The third-order valence-electron chi connectivity index (χ3n) is 2.76. The molecule has 2 N–H and O–H groups in total. The van der Waals surface area contributed by atoms with Gasteiger partial charge in [0.05, 0.1) is 12.5 Å². The van der Waals surface area contributed by atoms with E-state index in [4.69, 9.17) is 10.2 Å². The summed E-state index contributed by atoms with van der Waals surface area (Å²) in [6.07, 6.45) is 0. The van der Waals surface area contributed by atoms with Crippen LogP contribution >= 0.6 is 0 Å². The highest BCUT2D eigenvalue weighted by Gasteiger charge is 2.13. The third kappa shape index (κ3) is 4.17. The Morgan fingerprint density at radius 2 is 2.18 bits per heavy atom. The molecule has 0 bridgehead atoms. The number of nitrogens with zero attached hydrogens (tertiary/aromatic N) is 1. The third-order valence-corrected chi connectivity index (χ3v) is 2.76. The zero-order chi connectivity index (χ0) is 12.8. The Morgan fingerprint density at radius 1 is 1.47 bits per heavy atom. The minimum atomic E-state index is -0.814. The van der Waals surface area contributed by atoms with Crippen LogP contribution in [0.25, 0.3) is 0 Å². The van der Waals surface area contributed by atoms with E-state index in [1.54, 1.807) is 6.92 Å². The Balaban J connectivity index is 2.75. The first-order chi connectivity index (χ1) is 8.04. The van der Waals surface area contributed by atoms with Crippen LogP contribution in [-0.4, -0.2) is 41.3 Å². The van der Waals surface area contributed by atoms with E-state index >= 15 is 0 Å². The van der Waals surface area contributed by atoms with E-state index in [-0.39, 0.29) is 6.61 Å². The zero-order valence-corrected chi connectivity index (χ0v) is 10.3. The molecular formula is C13H19NO3. The molecule has 4 heteroatoms. The van der Waals surface area contributed by atoms with E-state index in [0.717, 1.165) is 11.1 Å². The molecule has 0 amide bonds. The second kappa shape index (κ2) is 6.37. The number of likely N-dealkylation sites (N-methyl/N-ethyl adjacent to an activating group) is 1. The predicted octanol–water partition coefficient (Wildman–Crippen LogP) is 1.30. The minimum Gasteiger partial charge on any atom is -0.481 e. The molecule has 0 saturated heterocycles. The van der Waals surface area contributed by atoms with Crippen LogP contribution in [0.15, 0.2) is 24.3 Å². The van der Waals surface area contributed by atoms with Gasteiger partial charge in [0.15, 0.2) is 0 Å². The van der Waals surface area contributed by atoms with E-state index in [9.17, 15) is 4.79 Å². The number of hydrogen-bond donors (Lipinski definition) is 2. The van der Waals surface area contributed by atoms with Crippen LogP contribution in [0, 0.1) is 0 Å². The number of aliphatic carboxylic acids is 1. The molecule has 1 aromatic carbocycles. The first kappa shape index (κ1) is 13.7. The standard InChI is InChI=1S/C13H19NO3/c1-10(13(16)17)12-5-3-4-11(8-12)9-14(2)6-7-15/h3-5,8,10,15H,6-7,9H2,1-2H3,(H,16,17). The molecule has 4 nitrogen and oxygen atoms in total. The Morgan fingerprint density at radius 3 is 2.76 bits per heavy atom. The van der Waals surface area contributed by atoms with Crippen molar-refractivity contribution >= 4 is 5.97 Å². The van der Waals surface area contributed by atoms with Crippen molar-refractivity contribution in [3.63, 3.8) is 0 Å². The van der Waals surface area contributed by atoms with Crippen molar-refractivity contribution in [2.75, 3.05) is 20.2 Å². The molecular weight excluding hydrogens is 218 g/mol. The first-order valence-corrected chi connectivity index (χ1v) is 5.65. The van der Waals surface area contributed by atoms with Crippen LogP contribution in [0.2, 0.25) is 0 Å². The predicted molar refractivity (Wildman–Crippen MR) is 65.9 cm³/mol. The Labute approximate surface area is 101 Å². The highest BCUT2D eigenvalue weighted by atomic mass is 16.4. The maximum absolute atomic E-state index is 10.9. The summed E-state index contributed by atoms with van der Waals surface area (Å²) < 4.78 is 0. The van der Waals surface area contributed by atoms with E-state index in [1.807, 2.05) is 36.2 Å². The van der Waals surface area contributed by atoms with Gasteiger partial charge in [0.25, 0.3) is 0 Å². The molecule has 0 aliphatic carbocycles. The smallest absolute Gasteiger partial charge is 0.310 e. The summed E-state index contributed by atoms with van der Waals surface area (Å²) in [5.74, 6) is -1.30. The maximum atomic E-state index is 10.9. The molecule has 0 fully saturated rings. The highest BCUT2D eigenvalue weighted by molar-refractivity contribution is 5.75. The van der Waals surface area contributed by atoms with Gasteiger partial charge in [0.2, 0.25) is 0 Å². The topological polar surface area (TPSA) is 60.8 Å². The number of carboxylic acid groups (broad SMARTS) is 1. The lowest BCUT2D eigenvalue weighted by atomic mass is 9.99. The number of aliphatic hydroxyl groups is 1. The van der Waals surface area contributed by atoms with Crippen LogP contribution in [-0.2, 0) is 11.3 Å². The summed E-state index contributed by atoms with van der Waals surface area (Å²) >= 11 is 0. The summed E-state index contributed by atoms with van der Waals surface area (Å²) in [5.41, 5.74) is 1.87. The summed E-state index contributed by atoms with van der Waals surface area (Å²) in [6, 6.07) is 7.57. The van der Waals surface area contributed by atoms with Crippen molar-refractivity contribution in [1.82, 2.24) is 4.90 Å². The molecule has 0 aliphatic rings. The Kier molecular flexibility index (Phi) is 5.12. The monoisotopic (exact) mass is 237 g/mol. The molecule has 17 heavy (non-hydrogen) atoms. The minimum absolute atomic E-state index is 0.127.